The van der Waals surface area contributed by atoms with E-state index in [9.17, 15) is 0 Å². The second kappa shape index (κ2) is 3.76. The molecule has 1 aromatic rings. The lowest BCUT2D eigenvalue weighted by atomic mass is 10.3. The first-order valence-electron chi connectivity index (χ1n) is 2.86. The number of thiol groups is 1. The highest BCUT2D eigenvalue weighted by Gasteiger charge is 2.05. The van der Waals surface area contributed by atoms with Crippen LogP contribution in [0.1, 0.15) is 10.1 Å². The molecular weight excluding hydrogens is 230 g/mol. The summed E-state index contributed by atoms with van der Waals surface area (Å²) < 4.78 is 1.11. The van der Waals surface area contributed by atoms with Crippen LogP contribution < -0.4 is 5.73 Å². The molecule has 2 N–H and O–H groups in total. The molecule has 0 spiro atoms. The fraction of sp³-hybridized carbons (Fsp3) is 0.333. The molecule has 0 saturated heterocycles. The van der Waals surface area contributed by atoms with Crippen molar-refractivity contribution in [3.05, 3.63) is 20.8 Å². The van der Waals surface area contributed by atoms with Gasteiger partial charge in [0.2, 0.25) is 0 Å². The van der Waals surface area contributed by atoms with Crippen LogP contribution in [0, 0.1) is 0 Å². The zero-order valence-electron chi connectivity index (χ0n) is 5.25. The van der Waals surface area contributed by atoms with Crippen LogP contribution in [0.25, 0.3) is 0 Å². The Labute approximate surface area is 78.2 Å². The third-order valence-electron chi connectivity index (χ3n) is 1.14. The highest BCUT2D eigenvalue weighted by Crippen LogP contribution is 2.28. The highest BCUT2D eigenvalue weighted by molar-refractivity contribution is 9.10. The molecule has 1 rings (SSSR count). The maximum absolute atomic E-state index is 5.43. The largest absolute Gasteiger partial charge is 0.329 e. The van der Waals surface area contributed by atoms with Gasteiger partial charge in [0.05, 0.1) is 0 Å². The Balaban J connectivity index is 2.74. The summed E-state index contributed by atoms with van der Waals surface area (Å²) >= 11 is 9.34. The van der Waals surface area contributed by atoms with Crippen LogP contribution in [-0.2, 0) is 0 Å². The van der Waals surface area contributed by atoms with Crippen LogP contribution in [0.4, 0.5) is 0 Å². The van der Waals surface area contributed by atoms with Crippen molar-refractivity contribution in [1.29, 1.82) is 0 Å². The van der Waals surface area contributed by atoms with Crippen molar-refractivity contribution in [3.63, 3.8) is 0 Å². The molecule has 0 aliphatic heterocycles. The molecule has 0 aliphatic rings. The molecule has 1 aromatic heterocycles. The van der Waals surface area contributed by atoms with Crippen molar-refractivity contribution in [2.45, 2.75) is 5.25 Å². The second-order valence-electron chi connectivity index (χ2n) is 1.92. The number of rotatable bonds is 2. The summed E-state index contributed by atoms with van der Waals surface area (Å²) in [5.74, 6) is 0. The zero-order valence-corrected chi connectivity index (χ0v) is 8.55. The molecular formula is C6H8BrNS2. The van der Waals surface area contributed by atoms with Gasteiger partial charge in [-0.2, -0.15) is 12.6 Å². The summed E-state index contributed by atoms with van der Waals surface area (Å²) in [5.41, 5.74) is 5.43. The minimum absolute atomic E-state index is 0.191. The fourth-order valence-corrected chi connectivity index (χ4v) is 2.32. The number of hydrogen-bond donors (Lipinski definition) is 2. The van der Waals surface area contributed by atoms with E-state index >= 15 is 0 Å². The van der Waals surface area contributed by atoms with E-state index in [1.807, 2.05) is 5.38 Å². The maximum Gasteiger partial charge on any atom is 0.0483 e. The lowest BCUT2D eigenvalue weighted by molar-refractivity contribution is 0.968. The van der Waals surface area contributed by atoms with Crippen molar-refractivity contribution in [2.24, 2.45) is 5.73 Å². The van der Waals surface area contributed by atoms with Crippen LogP contribution >= 0.6 is 39.9 Å². The first kappa shape index (κ1) is 8.59. The second-order valence-corrected chi connectivity index (χ2v) is 4.40. The van der Waals surface area contributed by atoms with Gasteiger partial charge >= 0.3 is 0 Å². The molecule has 56 valence electrons. The fourth-order valence-electron chi connectivity index (χ4n) is 0.619. The molecule has 0 aromatic carbocycles. The van der Waals surface area contributed by atoms with E-state index in [1.54, 1.807) is 11.3 Å². The predicted molar refractivity (Wildman–Crippen MR) is 52.8 cm³/mol. The van der Waals surface area contributed by atoms with E-state index in [1.165, 1.54) is 4.88 Å². The molecule has 1 heterocycles. The van der Waals surface area contributed by atoms with Crippen LogP contribution in [0.2, 0.25) is 0 Å². The number of nitrogens with two attached hydrogens (primary N) is 1. The Morgan fingerprint density at radius 1 is 1.80 bits per heavy atom. The lowest BCUT2D eigenvalue weighted by Crippen LogP contribution is -2.04. The van der Waals surface area contributed by atoms with E-state index in [0.717, 1.165) is 4.47 Å². The van der Waals surface area contributed by atoms with Crippen LogP contribution in [0.15, 0.2) is 15.9 Å². The number of hydrogen-bond acceptors (Lipinski definition) is 3. The predicted octanol–water partition coefficient (Wildman–Crippen LogP) is 2.44. The summed E-state index contributed by atoms with van der Waals surface area (Å²) in [6, 6.07) is 2.05. The van der Waals surface area contributed by atoms with Gasteiger partial charge in [-0.25, -0.2) is 0 Å². The normalized spacial score (nSPS) is 13.5. The first-order chi connectivity index (χ1) is 4.74. The Bertz CT molecular complexity index is 211. The summed E-state index contributed by atoms with van der Waals surface area (Å²) in [4.78, 5) is 1.22. The average Bonchev–Trinajstić information content (AvgIpc) is 2.34. The maximum atomic E-state index is 5.43. The molecule has 0 bridgehead atoms. The van der Waals surface area contributed by atoms with Gasteiger partial charge in [-0.1, -0.05) is 0 Å². The molecule has 10 heavy (non-hydrogen) atoms. The van der Waals surface area contributed by atoms with Gasteiger partial charge in [-0.3, -0.25) is 0 Å². The van der Waals surface area contributed by atoms with Gasteiger partial charge < -0.3 is 5.73 Å². The van der Waals surface area contributed by atoms with Gasteiger partial charge in [0.15, 0.2) is 0 Å². The summed E-state index contributed by atoms with van der Waals surface area (Å²) in [7, 11) is 0. The molecule has 0 fully saturated rings. The van der Waals surface area contributed by atoms with Crippen molar-refractivity contribution >= 4 is 39.9 Å². The smallest absolute Gasteiger partial charge is 0.0483 e. The number of halogens is 1. The van der Waals surface area contributed by atoms with Crippen molar-refractivity contribution in [2.75, 3.05) is 6.54 Å². The standard InChI is InChI=1S/C6H8BrNS2/c7-4-1-6(10-3-4)5(9)2-8/h1,3,5,9H,2,8H2. The van der Waals surface area contributed by atoms with Crippen LogP contribution in [0.3, 0.4) is 0 Å². The topological polar surface area (TPSA) is 26.0 Å². The van der Waals surface area contributed by atoms with Crippen molar-refractivity contribution < 1.29 is 0 Å². The molecule has 4 heteroatoms. The molecule has 0 saturated carbocycles. The third kappa shape index (κ3) is 1.99. The monoisotopic (exact) mass is 237 g/mol. The van der Waals surface area contributed by atoms with Gasteiger partial charge in [0.1, 0.15) is 0 Å². The molecule has 0 aliphatic carbocycles. The van der Waals surface area contributed by atoms with Gasteiger partial charge in [0, 0.05) is 26.5 Å². The minimum atomic E-state index is 0.191. The Morgan fingerprint density at radius 3 is 2.90 bits per heavy atom. The Hall–Kier alpha value is 0.490. The van der Waals surface area contributed by atoms with Crippen LogP contribution in [-0.4, -0.2) is 6.54 Å². The van der Waals surface area contributed by atoms with Crippen molar-refractivity contribution in [1.82, 2.24) is 0 Å². The molecule has 1 atom stereocenters. The molecule has 1 unspecified atom stereocenters. The van der Waals surface area contributed by atoms with E-state index < -0.39 is 0 Å². The molecule has 1 nitrogen and oxygen atoms in total. The Kier molecular flexibility index (Phi) is 3.23. The molecule has 0 radical (unpaired) electrons. The van der Waals surface area contributed by atoms with Gasteiger partial charge in [-0.05, 0) is 22.0 Å². The van der Waals surface area contributed by atoms with E-state index in [2.05, 4.69) is 34.6 Å². The average molecular weight is 238 g/mol. The van der Waals surface area contributed by atoms with E-state index in [0.29, 0.717) is 6.54 Å². The quantitative estimate of drug-likeness (QED) is 0.760. The summed E-state index contributed by atoms with van der Waals surface area (Å²) in [5, 5.41) is 2.23. The third-order valence-corrected chi connectivity index (χ3v) is 3.61. The first-order valence-corrected chi connectivity index (χ1v) is 5.05. The molecule has 0 amide bonds. The highest BCUT2D eigenvalue weighted by atomic mass is 79.9. The van der Waals surface area contributed by atoms with Gasteiger partial charge in [-0.15, -0.1) is 11.3 Å². The van der Waals surface area contributed by atoms with Gasteiger partial charge in [0.25, 0.3) is 0 Å². The SMILES string of the molecule is NCC(S)c1cc(Br)cs1. The number of thiophene rings is 1. The lowest BCUT2D eigenvalue weighted by Gasteiger charge is -2.01. The minimum Gasteiger partial charge on any atom is -0.329 e. The van der Waals surface area contributed by atoms with E-state index in [4.69, 9.17) is 5.73 Å². The van der Waals surface area contributed by atoms with Crippen LogP contribution in [0.5, 0.6) is 0 Å². The Morgan fingerprint density at radius 2 is 2.50 bits per heavy atom. The van der Waals surface area contributed by atoms with E-state index in [-0.39, 0.29) is 5.25 Å². The summed E-state index contributed by atoms with van der Waals surface area (Å²) in [6.07, 6.45) is 0. The summed E-state index contributed by atoms with van der Waals surface area (Å²) in [6.45, 7) is 0.593. The van der Waals surface area contributed by atoms with Crippen molar-refractivity contribution in [3.8, 4) is 0 Å². The zero-order chi connectivity index (χ0) is 7.56.